The van der Waals surface area contributed by atoms with Crippen LogP contribution in [0.5, 0.6) is 0 Å². The number of allylic oxidation sites excluding steroid dienone is 1. The lowest BCUT2D eigenvalue weighted by atomic mass is 10.3. The highest BCUT2D eigenvalue weighted by atomic mass is 127. The molecule has 1 N–H and O–H groups in total. The molecule has 3 heteroatoms. The van der Waals surface area contributed by atoms with Gasteiger partial charge in [0.1, 0.15) is 0 Å². The van der Waals surface area contributed by atoms with E-state index < -0.39 is 6.10 Å². The van der Waals surface area contributed by atoms with Gasteiger partial charge in [-0.15, -0.1) is 0 Å². The zero-order chi connectivity index (χ0) is 6.15. The number of hydrogen-bond donors (Lipinski definition) is 1. The Labute approximate surface area is 60.7 Å². The molecule has 1 aliphatic rings. The molecular weight excluding hydrogens is 219 g/mol. The molecule has 0 amide bonds. The topological polar surface area (TPSA) is 37.3 Å². The Kier molecular flexibility index (Phi) is 1.67. The highest BCUT2D eigenvalue weighted by molar-refractivity contribution is 14.1. The third kappa shape index (κ3) is 1.08. The minimum Gasteiger partial charge on any atom is -0.389 e. The van der Waals surface area contributed by atoms with Gasteiger partial charge in [0.05, 0.1) is 9.68 Å². The maximum absolute atomic E-state index is 10.5. The second-order valence-corrected chi connectivity index (χ2v) is 2.87. The molecule has 1 rings (SSSR count). The number of carbonyl (C=O) groups excluding carboxylic acids is 1. The molecule has 0 aromatic heterocycles. The molecule has 0 bridgehead atoms. The van der Waals surface area contributed by atoms with Gasteiger partial charge < -0.3 is 5.11 Å². The zero-order valence-electron chi connectivity index (χ0n) is 4.10. The fourth-order valence-electron chi connectivity index (χ4n) is 0.608. The van der Waals surface area contributed by atoms with E-state index in [9.17, 15) is 4.79 Å². The molecule has 0 fully saturated rings. The van der Waals surface area contributed by atoms with Crippen LogP contribution >= 0.6 is 22.6 Å². The van der Waals surface area contributed by atoms with Gasteiger partial charge in [0.15, 0.2) is 5.78 Å². The molecule has 8 heavy (non-hydrogen) atoms. The first-order valence-corrected chi connectivity index (χ1v) is 3.36. The third-order valence-electron chi connectivity index (χ3n) is 1.000. The zero-order valence-corrected chi connectivity index (χ0v) is 6.25. The molecule has 0 aromatic rings. The summed E-state index contributed by atoms with van der Waals surface area (Å²) in [4.78, 5) is 10.5. The van der Waals surface area contributed by atoms with Gasteiger partial charge in [0.2, 0.25) is 0 Å². The molecule has 0 aliphatic heterocycles. The van der Waals surface area contributed by atoms with Gasteiger partial charge in [0.25, 0.3) is 0 Å². The molecule has 0 unspecified atom stereocenters. The van der Waals surface area contributed by atoms with Crippen molar-refractivity contribution in [3.8, 4) is 0 Å². The number of rotatable bonds is 0. The Balaban J connectivity index is 2.73. The lowest BCUT2D eigenvalue weighted by molar-refractivity contribution is -0.115. The lowest BCUT2D eigenvalue weighted by Gasteiger charge is -1.88. The summed E-state index contributed by atoms with van der Waals surface area (Å²) in [7, 11) is 0. The summed E-state index contributed by atoms with van der Waals surface area (Å²) < 4.78 is 0.662. The van der Waals surface area contributed by atoms with Crippen LogP contribution in [0.1, 0.15) is 6.42 Å². The number of halogens is 1. The van der Waals surface area contributed by atoms with Gasteiger partial charge in [-0.3, -0.25) is 4.79 Å². The first-order chi connectivity index (χ1) is 3.70. The highest BCUT2D eigenvalue weighted by Crippen LogP contribution is 2.19. The summed E-state index contributed by atoms with van der Waals surface area (Å²) in [6, 6.07) is 0. The van der Waals surface area contributed by atoms with Gasteiger partial charge in [-0.25, -0.2) is 0 Å². The van der Waals surface area contributed by atoms with Gasteiger partial charge in [-0.05, 0) is 28.7 Å². The standard InChI is InChI=1S/C5H5IO2/c6-4-1-3(7)2-5(4)8/h1,3,7H,2H2/t3-/m0/s1. The van der Waals surface area contributed by atoms with Crippen molar-refractivity contribution in [3.63, 3.8) is 0 Å². The number of carbonyl (C=O) groups is 1. The van der Waals surface area contributed by atoms with E-state index in [1.54, 1.807) is 6.08 Å². The molecule has 0 radical (unpaired) electrons. The Bertz CT molecular complexity index is 151. The van der Waals surface area contributed by atoms with E-state index in [1.165, 1.54) is 0 Å². The van der Waals surface area contributed by atoms with E-state index in [1.807, 2.05) is 22.6 Å². The number of Topliss-reactive ketones (excluding diaryl/α,β-unsaturated/α-hetero) is 1. The van der Waals surface area contributed by atoms with Gasteiger partial charge in [-0.2, -0.15) is 0 Å². The van der Waals surface area contributed by atoms with Crippen LogP contribution < -0.4 is 0 Å². The summed E-state index contributed by atoms with van der Waals surface area (Å²) in [5, 5.41) is 8.77. The molecule has 2 nitrogen and oxygen atoms in total. The minimum absolute atomic E-state index is 0.0538. The Morgan fingerprint density at radius 2 is 2.50 bits per heavy atom. The van der Waals surface area contributed by atoms with E-state index in [4.69, 9.17) is 5.11 Å². The number of ketones is 1. The normalized spacial score (nSPS) is 28.5. The summed E-state index contributed by atoms with van der Waals surface area (Å²) in [5.41, 5.74) is 0. The van der Waals surface area contributed by atoms with Crippen LogP contribution in [0.3, 0.4) is 0 Å². The maximum Gasteiger partial charge on any atom is 0.171 e. The third-order valence-corrected chi connectivity index (χ3v) is 1.96. The van der Waals surface area contributed by atoms with Gasteiger partial charge >= 0.3 is 0 Å². The summed E-state index contributed by atoms with van der Waals surface area (Å²) in [6.45, 7) is 0. The minimum atomic E-state index is -0.519. The largest absolute Gasteiger partial charge is 0.389 e. The molecule has 0 saturated heterocycles. The van der Waals surface area contributed by atoms with Crippen molar-refractivity contribution in [2.45, 2.75) is 12.5 Å². The van der Waals surface area contributed by atoms with E-state index in [0.29, 0.717) is 3.58 Å². The average Bonchev–Trinajstić information content (AvgIpc) is 1.85. The lowest BCUT2D eigenvalue weighted by Crippen LogP contribution is -1.99. The maximum atomic E-state index is 10.5. The predicted octanol–water partition coefficient (Wildman–Crippen LogP) is 0.639. The van der Waals surface area contributed by atoms with E-state index in [-0.39, 0.29) is 12.2 Å². The molecular formula is C5H5IO2. The van der Waals surface area contributed by atoms with E-state index in [0.717, 1.165) is 0 Å². The first kappa shape index (κ1) is 6.22. The van der Waals surface area contributed by atoms with E-state index in [2.05, 4.69) is 0 Å². The van der Waals surface area contributed by atoms with Crippen LogP contribution in [0.15, 0.2) is 9.66 Å². The van der Waals surface area contributed by atoms with Crippen molar-refractivity contribution in [2.75, 3.05) is 0 Å². The summed E-state index contributed by atoms with van der Waals surface area (Å²) in [5.74, 6) is 0.0538. The van der Waals surface area contributed by atoms with Crippen molar-refractivity contribution in [1.29, 1.82) is 0 Å². The highest BCUT2D eigenvalue weighted by Gasteiger charge is 2.18. The summed E-state index contributed by atoms with van der Waals surface area (Å²) in [6.07, 6.45) is 1.33. The molecule has 1 aliphatic carbocycles. The van der Waals surface area contributed by atoms with Crippen molar-refractivity contribution in [1.82, 2.24) is 0 Å². The smallest absolute Gasteiger partial charge is 0.171 e. The van der Waals surface area contributed by atoms with Crippen LogP contribution in [-0.4, -0.2) is 17.0 Å². The van der Waals surface area contributed by atoms with Crippen LogP contribution in [0.4, 0.5) is 0 Å². The molecule has 44 valence electrons. The number of aliphatic hydroxyl groups is 1. The SMILES string of the molecule is O=C1C[C@@H](O)C=C1I. The van der Waals surface area contributed by atoms with Crippen LogP contribution in [0, 0.1) is 0 Å². The number of hydrogen-bond acceptors (Lipinski definition) is 2. The van der Waals surface area contributed by atoms with E-state index >= 15 is 0 Å². The Morgan fingerprint density at radius 1 is 1.88 bits per heavy atom. The Morgan fingerprint density at radius 3 is 2.62 bits per heavy atom. The summed E-state index contributed by atoms with van der Waals surface area (Å²) >= 11 is 1.92. The molecule has 1 atom stereocenters. The Hall–Kier alpha value is 0.100. The second kappa shape index (κ2) is 2.14. The molecule has 0 saturated carbocycles. The van der Waals surface area contributed by atoms with Crippen molar-refractivity contribution in [3.05, 3.63) is 9.66 Å². The van der Waals surface area contributed by atoms with Crippen molar-refractivity contribution >= 4 is 28.4 Å². The van der Waals surface area contributed by atoms with Crippen LogP contribution in [0.25, 0.3) is 0 Å². The average molecular weight is 224 g/mol. The van der Waals surface area contributed by atoms with Crippen LogP contribution in [-0.2, 0) is 4.79 Å². The van der Waals surface area contributed by atoms with Gasteiger partial charge in [-0.1, -0.05) is 0 Å². The molecule has 0 spiro atoms. The monoisotopic (exact) mass is 224 g/mol. The first-order valence-electron chi connectivity index (χ1n) is 2.29. The fourth-order valence-corrected chi connectivity index (χ4v) is 1.24. The molecule has 0 heterocycles. The van der Waals surface area contributed by atoms with Gasteiger partial charge in [0, 0.05) is 6.42 Å². The predicted molar refractivity (Wildman–Crippen MR) is 37.7 cm³/mol. The molecule has 0 aromatic carbocycles. The van der Waals surface area contributed by atoms with Crippen molar-refractivity contribution in [2.24, 2.45) is 0 Å². The van der Waals surface area contributed by atoms with Crippen LogP contribution in [0.2, 0.25) is 0 Å². The second-order valence-electron chi connectivity index (χ2n) is 1.71. The fraction of sp³-hybridized carbons (Fsp3) is 0.400. The quantitative estimate of drug-likeness (QED) is 0.613. The van der Waals surface area contributed by atoms with Crippen molar-refractivity contribution < 1.29 is 9.90 Å². The number of aliphatic hydroxyl groups excluding tert-OH is 1.